The van der Waals surface area contributed by atoms with Crippen molar-refractivity contribution in [1.82, 2.24) is 14.5 Å². The summed E-state index contributed by atoms with van der Waals surface area (Å²) in [4.78, 5) is 8.55. The summed E-state index contributed by atoms with van der Waals surface area (Å²) in [6, 6.07) is 1.97. The van der Waals surface area contributed by atoms with Crippen LogP contribution < -0.4 is 0 Å². The van der Waals surface area contributed by atoms with Gasteiger partial charge in [-0.2, -0.15) is 0 Å². The maximum absolute atomic E-state index is 4.31. The van der Waals surface area contributed by atoms with E-state index in [1.165, 1.54) is 0 Å². The first-order valence-electron chi connectivity index (χ1n) is 3.52. The van der Waals surface area contributed by atoms with Crippen LogP contribution in [0.5, 0.6) is 0 Å². The van der Waals surface area contributed by atoms with Gasteiger partial charge >= 0.3 is 0 Å². The number of hydrogen-bond acceptors (Lipinski definition) is 2. The maximum Gasteiger partial charge on any atom is 0.158 e. The largest absolute Gasteiger partial charge is 0.334 e. The third-order valence-electron chi connectivity index (χ3n) is 1.69. The van der Waals surface area contributed by atoms with Crippen LogP contribution in [0, 0.1) is 6.92 Å². The molecule has 0 saturated heterocycles. The topological polar surface area (TPSA) is 30.7 Å². The first-order chi connectivity index (χ1) is 5.27. The summed E-state index contributed by atoms with van der Waals surface area (Å²) in [5.74, 6) is 0. The number of aromatic nitrogens is 3. The molecule has 0 aliphatic carbocycles. The fraction of sp³-hybridized carbons (Fsp3) is 0.250. The van der Waals surface area contributed by atoms with Crippen molar-refractivity contribution in [1.29, 1.82) is 0 Å². The van der Waals surface area contributed by atoms with Crippen molar-refractivity contribution in [3.05, 3.63) is 24.2 Å². The van der Waals surface area contributed by atoms with Gasteiger partial charge < -0.3 is 4.57 Å². The first-order valence-corrected chi connectivity index (χ1v) is 3.52. The van der Waals surface area contributed by atoms with Gasteiger partial charge in [-0.25, -0.2) is 9.97 Å². The second kappa shape index (κ2) is 2.05. The van der Waals surface area contributed by atoms with Gasteiger partial charge in [0.1, 0.15) is 5.52 Å². The summed E-state index contributed by atoms with van der Waals surface area (Å²) >= 11 is 0. The minimum Gasteiger partial charge on any atom is -0.334 e. The van der Waals surface area contributed by atoms with Gasteiger partial charge in [0, 0.05) is 13.2 Å². The van der Waals surface area contributed by atoms with E-state index in [0.717, 1.165) is 16.9 Å². The van der Waals surface area contributed by atoms with Crippen molar-refractivity contribution >= 4 is 11.2 Å². The Balaban J connectivity index is 2.86. The zero-order chi connectivity index (χ0) is 7.84. The van der Waals surface area contributed by atoms with E-state index in [-0.39, 0.29) is 0 Å². The molecule has 0 fully saturated rings. The van der Waals surface area contributed by atoms with Crippen LogP contribution in [0.15, 0.2) is 18.5 Å². The molecule has 0 aliphatic rings. The molecule has 0 radical (unpaired) electrons. The average Bonchev–Trinajstić information content (AvgIpc) is 2.32. The molecule has 0 unspecified atom stereocenters. The second-order valence-electron chi connectivity index (χ2n) is 2.65. The van der Waals surface area contributed by atoms with Gasteiger partial charge in [-0.05, 0) is 13.0 Å². The Morgan fingerprint density at radius 3 is 3.09 bits per heavy atom. The van der Waals surface area contributed by atoms with E-state index in [9.17, 15) is 0 Å². The molecule has 3 nitrogen and oxygen atoms in total. The highest BCUT2D eigenvalue weighted by Crippen LogP contribution is 2.08. The Hall–Kier alpha value is -1.38. The highest BCUT2D eigenvalue weighted by molar-refractivity contribution is 5.70. The van der Waals surface area contributed by atoms with Gasteiger partial charge in [-0.3, -0.25) is 0 Å². The minimum atomic E-state index is 0.940. The summed E-state index contributed by atoms with van der Waals surface area (Å²) < 4.78 is 1.96. The molecule has 0 spiro atoms. The van der Waals surface area contributed by atoms with E-state index < -0.39 is 0 Å². The Bertz CT molecular complexity index is 389. The lowest BCUT2D eigenvalue weighted by molar-refractivity contribution is 0.943. The minimum absolute atomic E-state index is 0.940. The molecule has 2 aromatic heterocycles. The summed E-state index contributed by atoms with van der Waals surface area (Å²) in [6.07, 6.45) is 3.74. The van der Waals surface area contributed by atoms with Gasteiger partial charge in [0.25, 0.3) is 0 Å². The van der Waals surface area contributed by atoms with Crippen molar-refractivity contribution in [2.45, 2.75) is 6.92 Å². The van der Waals surface area contributed by atoms with Crippen LogP contribution in [0.1, 0.15) is 5.69 Å². The van der Waals surface area contributed by atoms with E-state index in [2.05, 4.69) is 9.97 Å². The first kappa shape index (κ1) is 6.34. The van der Waals surface area contributed by atoms with E-state index in [0.29, 0.717) is 0 Å². The maximum atomic E-state index is 4.31. The molecular weight excluding hydrogens is 138 g/mol. The number of nitrogens with zero attached hydrogens (tertiary/aromatic N) is 3. The molecule has 56 valence electrons. The monoisotopic (exact) mass is 147 g/mol. The Morgan fingerprint density at radius 2 is 2.27 bits per heavy atom. The Kier molecular flexibility index (Phi) is 1.18. The lowest BCUT2D eigenvalue weighted by Crippen LogP contribution is -1.89. The van der Waals surface area contributed by atoms with Crippen LogP contribution in [0.2, 0.25) is 0 Å². The van der Waals surface area contributed by atoms with Crippen LogP contribution in [0.25, 0.3) is 11.2 Å². The molecule has 11 heavy (non-hydrogen) atoms. The zero-order valence-electron chi connectivity index (χ0n) is 6.57. The van der Waals surface area contributed by atoms with Crippen molar-refractivity contribution in [3.8, 4) is 0 Å². The normalized spacial score (nSPS) is 10.7. The van der Waals surface area contributed by atoms with Crippen molar-refractivity contribution in [2.75, 3.05) is 0 Å². The molecule has 2 heterocycles. The van der Waals surface area contributed by atoms with Crippen LogP contribution in [0.4, 0.5) is 0 Å². The SMILES string of the molecule is Cc1cnc2c(ccn2C)n1. The predicted molar refractivity (Wildman–Crippen MR) is 43.2 cm³/mol. The van der Waals surface area contributed by atoms with E-state index in [4.69, 9.17) is 0 Å². The van der Waals surface area contributed by atoms with E-state index in [1.54, 1.807) is 6.20 Å². The molecule has 3 heteroatoms. The third-order valence-corrected chi connectivity index (χ3v) is 1.69. The fourth-order valence-corrected chi connectivity index (χ4v) is 1.13. The highest BCUT2D eigenvalue weighted by Gasteiger charge is 1.98. The number of aryl methyl sites for hydroxylation is 2. The van der Waals surface area contributed by atoms with Gasteiger partial charge in [0.15, 0.2) is 5.65 Å². The van der Waals surface area contributed by atoms with Gasteiger partial charge in [-0.1, -0.05) is 0 Å². The molecule has 0 bridgehead atoms. The highest BCUT2D eigenvalue weighted by atomic mass is 15.0. The van der Waals surface area contributed by atoms with Gasteiger partial charge in [0.05, 0.1) is 11.9 Å². The van der Waals surface area contributed by atoms with E-state index in [1.807, 2.05) is 30.8 Å². The van der Waals surface area contributed by atoms with Crippen LogP contribution in [0.3, 0.4) is 0 Å². The van der Waals surface area contributed by atoms with Crippen molar-refractivity contribution in [3.63, 3.8) is 0 Å². The van der Waals surface area contributed by atoms with Crippen molar-refractivity contribution < 1.29 is 0 Å². The summed E-state index contributed by atoms with van der Waals surface area (Å²) in [5, 5.41) is 0. The zero-order valence-corrected chi connectivity index (χ0v) is 6.57. The number of hydrogen-bond donors (Lipinski definition) is 0. The van der Waals surface area contributed by atoms with Crippen molar-refractivity contribution in [2.24, 2.45) is 7.05 Å². The van der Waals surface area contributed by atoms with Gasteiger partial charge in [-0.15, -0.1) is 0 Å². The second-order valence-corrected chi connectivity index (χ2v) is 2.65. The lowest BCUT2D eigenvalue weighted by atomic mass is 10.4. The Morgan fingerprint density at radius 1 is 1.45 bits per heavy atom. The summed E-state index contributed by atoms with van der Waals surface area (Å²) in [5.41, 5.74) is 2.87. The smallest absolute Gasteiger partial charge is 0.158 e. The summed E-state index contributed by atoms with van der Waals surface area (Å²) in [7, 11) is 1.96. The average molecular weight is 147 g/mol. The van der Waals surface area contributed by atoms with Gasteiger partial charge in [0.2, 0.25) is 0 Å². The molecule has 0 aromatic carbocycles. The Labute approximate surface area is 64.7 Å². The molecule has 0 amide bonds. The van der Waals surface area contributed by atoms with E-state index >= 15 is 0 Å². The molecule has 0 saturated carbocycles. The standard InChI is InChI=1S/C8H9N3/c1-6-5-9-8-7(10-6)3-4-11(8)2/h3-5H,1-2H3. The molecule has 2 rings (SSSR count). The molecule has 0 atom stereocenters. The van der Waals surface area contributed by atoms with Crippen LogP contribution >= 0.6 is 0 Å². The molecular formula is C8H9N3. The van der Waals surface area contributed by atoms with Crippen LogP contribution in [-0.4, -0.2) is 14.5 Å². The predicted octanol–water partition coefficient (Wildman–Crippen LogP) is 1.28. The summed E-state index contributed by atoms with van der Waals surface area (Å²) in [6.45, 7) is 1.94. The number of rotatable bonds is 0. The number of fused-ring (bicyclic) bond motifs is 1. The molecule has 2 aromatic rings. The third kappa shape index (κ3) is 0.888. The molecule has 0 aliphatic heterocycles. The van der Waals surface area contributed by atoms with Crippen LogP contribution in [-0.2, 0) is 7.05 Å². The fourth-order valence-electron chi connectivity index (χ4n) is 1.13. The quantitative estimate of drug-likeness (QED) is 0.562. The lowest BCUT2D eigenvalue weighted by Gasteiger charge is -1.93. The molecule has 0 N–H and O–H groups in total.